The Labute approximate surface area is 180 Å². The quantitative estimate of drug-likeness (QED) is 0.405. The molecule has 0 bridgehead atoms. The summed E-state index contributed by atoms with van der Waals surface area (Å²) >= 11 is 0. The number of allylic oxidation sites excluding steroid dienone is 8. The van der Waals surface area contributed by atoms with E-state index in [4.69, 9.17) is 0 Å². The van der Waals surface area contributed by atoms with E-state index in [2.05, 4.69) is 98.4 Å². The lowest BCUT2D eigenvalue weighted by Crippen LogP contribution is -1.88. The lowest BCUT2D eigenvalue weighted by molar-refractivity contribution is 1.30. The zero-order valence-electron chi connectivity index (χ0n) is 18.1. The van der Waals surface area contributed by atoms with Crippen molar-refractivity contribution in [1.82, 2.24) is 9.97 Å². The van der Waals surface area contributed by atoms with Gasteiger partial charge in [-0.05, 0) is 84.9 Å². The van der Waals surface area contributed by atoms with E-state index in [1.807, 2.05) is 24.5 Å². The molecule has 30 heavy (non-hydrogen) atoms. The van der Waals surface area contributed by atoms with E-state index < -0.39 is 0 Å². The molecule has 0 unspecified atom stereocenters. The number of pyridine rings is 2. The van der Waals surface area contributed by atoms with Gasteiger partial charge in [-0.1, -0.05) is 54.6 Å². The summed E-state index contributed by atoms with van der Waals surface area (Å²) in [6, 6.07) is 16.7. The van der Waals surface area contributed by atoms with Crippen LogP contribution < -0.4 is 0 Å². The van der Waals surface area contributed by atoms with Gasteiger partial charge in [-0.2, -0.15) is 0 Å². The summed E-state index contributed by atoms with van der Waals surface area (Å²) < 4.78 is 0. The molecule has 2 nitrogen and oxygen atoms in total. The second-order valence-electron chi connectivity index (χ2n) is 7.21. The Morgan fingerprint density at radius 3 is 1.80 bits per heavy atom. The number of nitrogens with zero attached hydrogens (tertiary/aromatic N) is 2. The highest BCUT2D eigenvalue weighted by atomic mass is 14.6. The predicted molar refractivity (Wildman–Crippen MR) is 129 cm³/mol. The summed E-state index contributed by atoms with van der Waals surface area (Å²) in [7, 11) is 0. The van der Waals surface area contributed by atoms with Crippen molar-refractivity contribution >= 4 is 11.1 Å². The van der Waals surface area contributed by atoms with Crippen LogP contribution >= 0.6 is 0 Å². The number of benzene rings is 1. The van der Waals surface area contributed by atoms with E-state index in [0.29, 0.717) is 0 Å². The summed E-state index contributed by atoms with van der Waals surface area (Å²) in [6.45, 7) is 8.47. The van der Waals surface area contributed by atoms with Gasteiger partial charge in [0.1, 0.15) is 0 Å². The lowest BCUT2D eigenvalue weighted by atomic mass is 9.96. The van der Waals surface area contributed by atoms with Gasteiger partial charge < -0.3 is 0 Å². The first-order valence-corrected chi connectivity index (χ1v) is 10.2. The van der Waals surface area contributed by atoms with E-state index in [1.54, 1.807) is 12.4 Å². The molecule has 0 saturated heterocycles. The number of hydrogen-bond donors (Lipinski definition) is 0. The van der Waals surface area contributed by atoms with Gasteiger partial charge in [-0.3, -0.25) is 9.97 Å². The van der Waals surface area contributed by atoms with Crippen LogP contribution in [0.1, 0.15) is 38.8 Å². The molecule has 2 heteroatoms. The molecule has 0 atom stereocenters. The standard InChI is InChI=1S/C28H28N2/c1-5-23(25-10-7-11-26(18-25)28-13-9-15-30-20-28)16-21(3)22(4)17-24(6-2)27-12-8-14-29-19-27/h5-20H,1-4H3. The van der Waals surface area contributed by atoms with Crippen LogP contribution in [0, 0.1) is 0 Å². The van der Waals surface area contributed by atoms with Gasteiger partial charge in [0, 0.05) is 30.4 Å². The van der Waals surface area contributed by atoms with Gasteiger partial charge in [0.05, 0.1) is 0 Å². The van der Waals surface area contributed by atoms with Crippen LogP contribution in [0.5, 0.6) is 0 Å². The predicted octanol–water partition coefficient (Wildman–Crippen LogP) is 7.54. The van der Waals surface area contributed by atoms with Crippen molar-refractivity contribution in [2.45, 2.75) is 27.7 Å². The smallest absolute Gasteiger partial charge is 0.0346 e. The lowest BCUT2D eigenvalue weighted by Gasteiger charge is -2.10. The van der Waals surface area contributed by atoms with Crippen molar-refractivity contribution in [2.75, 3.05) is 0 Å². The highest BCUT2D eigenvalue weighted by Gasteiger charge is 2.05. The summed E-state index contributed by atoms with van der Waals surface area (Å²) in [5, 5.41) is 0. The van der Waals surface area contributed by atoms with Crippen molar-refractivity contribution in [3.8, 4) is 11.1 Å². The van der Waals surface area contributed by atoms with Crippen molar-refractivity contribution in [3.63, 3.8) is 0 Å². The number of hydrogen-bond acceptors (Lipinski definition) is 2. The molecule has 0 aliphatic carbocycles. The van der Waals surface area contributed by atoms with Gasteiger partial charge in [-0.15, -0.1) is 0 Å². The SMILES string of the molecule is CC=C(C=C(C)C(C)=CC(=CC)c1cccc(-c2cccnc2)c1)c1cccnc1. The molecular weight excluding hydrogens is 364 g/mol. The number of aromatic nitrogens is 2. The molecule has 150 valence electrons. The van der Waals surface area contributed by atoms with Crippen LogP contribution in [0.15, 0.2) is 109 Å². The van der Waals surface area contributed by atoms with Crippen molar-refractivity contribution in [2.24, 2.45) is 0 Å². The molecule has 3 aromatic rings. The first kappa shape index (κ1) is 21.2. The molecular formula is C28H28N2. The maximum atomic E-state index is 4.24. The summed E-state index contributed by atoms with van der Waals surface area (Å²) in [6.07, 6.45) is 16.2. The Morgan fingerprint density at radius 2 is 1.23 bits per heavy atom. The summed E-state index contributed by atoms with van der Waals surface area (Å²) in [5.74, 6) is 0. The van der Waals surface area contributed by atoms with Crippen LogP contribution in [-0.4, -0.2) is 9.97 Å². The fourth-order valence-corrected chi connectivity index (χ4v) is 3.31. The topological polar surface area (TPSA) is 25.8 Å². The Morgan fingerprint density at radius 1 is 0.667 bits per heavy atom. The highest BCUT2D eigenvalue weighted by Crippen LogP contribution is 2.27. The minimum atomic E-state index is 1.13. The second kappa shape index (κ2) is 10.3. The Hall–Kier alpha value is -3.52. The first-order chi connectivity index (χ1) is 14.6. The third-order valence-electron chi connectivity index (χ3n) is 5.17. The minimum absolute atomic E-state index is 1.13. The van der Waals surface area contributed by atoms with Crippen molar-refractivity contribution < 1.29 is 0 Å². The zero-order valence-corrected chi connectivity index (χ0v) is 18.1. The Kier molecular flexibility index (Phi) is 7.29. The van der Waals surface area contributed by atoms with Gasteiger partial charge in [0.25, 0.3) is 0 Å². The second-order valence-corrected chi connectivity index (χ2v) is 7.21. The maximum Gasteiger partial charge on any atom is 0.0346 e. The summed E-state index contributed by atoms with van der Waals surface area (Å²) in [4.78, 5) is 8.49. The van der Waals surface area contributed by atoms with Gasteiger partial charge in [-0.25, -0.2) is 0 Å². The molecule has 0 spiro atoms. The van der Waals surface area contributed by atoms with Crippen molar-refractivity contribution in [3.05, 3.63) is 120 Å². The molecule has 0 N–H and O–H groups in total. The number of rotatable bonds is 6. The van der Waals surface area contributed by atoms with Gasteiger partial charge in [0.2, 0.25) is 0 Å². The molecule has 2 heterocycles. The fourth-order valence-electron chi connectivity index (χ4n) is 3.31. The third kappa shape index (κ3) is 5.30. The first-order valence-electron chi connectivity index (χ1n) is 10.2. The van der Waals surface area contributed by atoms with Crippen LogP contribution in [0.25, 0.3) is 22.3 Å². The maximum absolute atomic E-state index is 4.24. The average molecular weight is 393 g/mol. The normalized spacial score (nSPS) is 13.5. The van der Waals surface area contributed by atoms with E-state index in [-0.39, 0.29) is 0 Å². The van der Waals surface area contributed by atoms with Crippen LogP contribution in [0.2, 0.25) is 0 Å². The summed E-state index contributed by atoms with van der Waals surface area (Å²) in [5.41, 5.74) is 9.47. The monoisotopic (exact) mass is 392 g/mol. The van der Waals surface area contributed by atoms with Gasteiger partial charge >= 0.3 is 0 Å². The average Bonchev–Trinajstić information content (AvgIpc) is 2.81. The van der Waals surface area contributed by atoms with E-state index in [0.717, 1.165) is 11.1 Å². The largest absolute Gasteiger partial charge is 0.264 e. The molecule has 0 fully saturated rings. The molecule has 0 saturated carbocycles. The fraction of sp³-hybridized carbons (Fsp3) is 0.143. The Balaban J connectivity index is 1.89. The van der Waals surface area contributed by atoms with Gasteiger partial charge in [0.15, 0.2) is 0 Å². The molecule has 1 aromatic carbocycles. The molecule has 0 amide bonds. The van der Waals surface area contributed by atoms with Crippen molar-refractivity contribution in [1.29, 1.82) is 0 Å². The third-order valence-corrected chi connectivity index (χ3v) is 5.17. The Bertz CT molecular complexity index is 1100. The van der Waals surface area contributed by atoms with Crippen LogP contribution in [0.3, 0.4) is 0 Å². The molecule has 3 rings (SSSR count). The molecule has 0 radical (unpaired) electrons. The molecule has 0 aliphatic rings. The van der Waals surface area contributed by atoms with Crippen LogP contribution in [0.4, 0.5) is 0 Å². The van der Waals surface area contributed by atoms with Crippen LogP contribution in [-0.2, 0) is 0 Å². The minimum Gasteiger partial charge on any atom is -0.264 e. The highest BCUT2D eigenvalue weighted by molar-refractivity contribution is 5.80. The zero-order chi connectivity index (χ0) is 21.3. The molecule has 0 aliphatic heterocycles. The molecule has 2 aromatic heterocycles. The van der Waals surface area contributed by atoms with E-state index >= 15 is 0 Å². The van der Waals surface area contributed by atoms with E-state index in [1.165, 1.54) is 33.4 Å². The van der Waals surface area contributed by atoms with E-state index in [9.17, 15) is 0 Å².